The Morgan fingerprint density at radius 1 is 1.30 bits per heavy atom. The molecule has 0 amide bonds. The molecule has 108 valence electrons. The summed E-state index contributed by atoms with van der Waals surface area (Å²) in [6.07, 6.45) is 4.42. The molecule has 2 rings (SSSR count). The summed E-state index contributed by atoms with van der Waals surface area (Å²) >= 11 is 6.29. The summed E-state index contributed by atoms with van der Waals surface area (Å²) < 4.78 is 5.52. The molecule has 1 unspecified atom stereocenters. The third-order valence-electron chi connectivity index (χ3n) is 3.66. The third kappa shape index (κ3) is 2.98. The maximum Gasteiger partial charge on any atom is 0.175 e. The lowest BCUT2D eigenvalue weighted by atomic mass is 9.91. The zero-order valence-corrected chi connectivity index (χ0v) is 12.8. The van der Waals surface area contributed by atoms with E-state index in [1.165, 1.54) is 12.8 Å². The molecule has 0 radical (unpaired) electrons. The maximum absolute atomic E-state index is 6.29. The van der Waals surface area contributed by atoms with Crippen molar-refractivity contribution < 1.29 is 4.52 Å². The van der Waals surface area contributed by atoms with Crippen molar-refractivity contribution in [1.82, 2.24) is 5.16 Å². The molecular formula is C16H21ClN2O. The Balaban J connectivity index is 2.44. The minimum atomic E-state index is 0.339. The van der Waals surface area contributed by atoms with Crippen molar-refractivity contribution in [2.45, 2.75) is 45.4 Å². The highest BCUT2D eigenvalue weighted by molar-refractivity contribution is 6.33. The Morgan fingerprint density at radius 3 is 2.70 bits per heavy atom. The average molecular weight is 293 g/mol. The lowest BCUT2D eigenvalue weighted by Gasteiger charge is -2.13. The minimum Gasteiger partial charge on any atom is -0.380 e. The van der Waals surface area contributed by atoms with Gasteiger partial charge in [0.05, 0.1) is 5.56 Å². The predicted molar refractivity (Wildman–Crippen MR) is 83.9 cm³/mol. The van der Waals surface area contributed by atoms with Gasteiger partial charge in [0.25, 0.3) is 0 Å². The lowest BCUT2D eigenvalue weighted by Crippen LogP contribution is -1.99. The molecule has 0 aliphatic rings. The number of benzene rings is 1. The number of nitrogens with two attached hydrogens (primary N) is 1. The van der Waals surface area contributed by atoms with Gasteiger partial charge >= 0.3 is 0 Å². The number of aromatic nitrogens is 1. The molecule has 2 N–H and O–H groups in total. The Kier molecular flexibility index (Phi) is 5.07. The monoisotopic (exact) mass is 292 g/mol. The van der Waals surface area contributed by atoms with Crippen molar-refractivity contribution in [3.8, 4) is 11.1 Å². The summed E-state index contributed by atoms with van der Waals surface area (Å²) in [5, 5.41) is 4.63. The first-order valence-electron chi connectivity index (χ1n) is 7.18. The number of hydrogen-bond acceptors (Lipinski definition) is 3. The SMILES string of the molecule is CCCCC(CC)c1onc(N)c1-c1ccccc1Cl. The molecule has 0 aliphatic heterocycles. The van der Waals surface area contributed by atoms with Gasteiger partial charge in [-0.15, -0.1) is 0 Å². The van der Waals surface area contributed by atoms with Crippen LogP contribution in [-0.2, 0) is 0 Å². The van der Waals surface area contributed by atoms with E-state index >= 15 is 0 Å². The van der Waals surface area contributed by atoms with Crippen molar-refractivity contribution in [2.75, 3.05) is 5.73 Å². The zero-order valence-electron chi connectivity index (χ0n) is 12.0. The van der Waals surface area contributed by atoms with Gasteiger partial charge in [-0.1, -0.05) is 61.6 Å². The highest BCUT2D eigenvalue weighted by atomic mass is 35.5. The number of halogens is 1. The quantitative estimate of drug-likeness (QED) is 0.790. The van der Waals surface area contributed by atoms with Crippen molar-refractivity contribution in [2.24, 2.45) is 0 Å². The molecular weight excluding hydrogens is 272 g/mol. The molecule has 0 spiro atoms. The van der Waals surface area contributed by atoms with E-state index in [0.717, 1.165) is 29.7 Å². The third-order valence-corrected chi connectivity index (χ3v) is 3.99. The highest BCUT2D eigenvalue weighted by Gasteiger charge is 2.23. The Hall–Kier alpha value is -1.48. The van der Waals surface area contributed by atoms with Crippen LogP contribution in [0, 0.1) is 0 Å². The molecule has 1 aromatic heterocycles. The van der Waals surface area contributed by atoms with Crippen LogP contribution in [-0.4, -0.2) is 5.16 Å². The molecule has 0 aliphatic carbocycles. The largest absolute Gasteiger partial charge is 0.380 e. The molecule has 4 heteroatoms. The van der Waals surface area contributed by atoms with Crippen molar-refractivity contribution >= 4 is 17.4 Å². The highest BCUT2D eigenvalue weighted by Crippen LogP contribution is 2.40. The molecule has 1 aromatic carbocycles. The zero-order chi connectivity index (χ0) is 14.5. The molecule has 0 saturated heterocycles. The van der Waals surface area contributed by atoms with Crippen molar-refractivity contribution in [3.05, 3.63) is 35.0 Å². The number of nitrogen functional groups attached to an aromatic ring is 1. The van der Waals surface area contributed by atoms with Crippen LogP contribution in [0.1, 0.15) is 51.2 Å². The van der Waals surface area contributed by atoms with Gasteiger partial charge in [0.1, 0.15) is 5.76 Å². The van der Waals surface area contributed by atoms with Gasteiger partial charge in [0.15, 0.2) is 5.82 Å². The Labute approximate surface area is 125 Å². The van der Waals surface area contributed by atoms with E-state index in [4.69, 9.17) is 21.9 Å². The number of nitrogens with zero attached hydrogens (tertiary/aromatic N) is 1. The van der Waals surface area contributed by atoms with Gasteiger partial charge in [-0.05, 0) is 18.9 Å². The van der Waals surface area contributed by atoms with Crippen LogP contribution >= 0.6 is 11.6 Å². The van der Waals surface area contributed by atoms with Gasteiger partial charge in [0, 0.05) is 16.5 Å². The van der Waals surface area contributed by atoms with Gasteiger partial charge < -0.3 is 10.3 Å². The molecule has 1 heterocycles. The van der Waals surface area contributed by atoms with E-state index in [9.17, 15) is 0 Å². The van der Waals surface area contributed by atoms with E-state index in [1.54, 1.807) is 0 Å². The standard InChI is InChI=1S/C16H21ClN2O/c1-3-5-8-11(4-2)15-14(16(18)19-20-15)12-9-6-7-10-13(12)17/h6-7,9-11H,3-5,8H2,1-2H3,(H2,18,19). The van der Waals surface area contributed by atoms with Gasteiger partial charge in [-0.2, -0.15) is 0 Å². The summed E-state index contributed by atoms with van der Waals surface area (Å²) in [6, 6.07) is 7.68. The molecule has 2 aromatic rings. The van der Waals surface area contributed by atoms with Crippen LogP contribution in [0.3, 0.4) is 0 Å². The van der Waals surface area contributed by atoms with E-state index < -0.39 is 0 Å². The summed E-state index contributed by atoms with van der Waals surface area (Å²) in [4.78, 5) is 0. The maximum atomic E-state index is 6.29. The van der Waals surface area contributed by atoms with Crippen LogP contribution < -0.4 is 5.73 Å². The number of hydrogen-bond donors (Lipinski definition) is 1. The van der Waals surface area contributed by atoms with Crippen LogP contribution in [0.15, 0.2) is 28.8 Å². The Morgan fingerprint density at radius 2 is 2.05 bits per heavy atom. The first-order valence-corrected chi connectivity index (χ1v) is 7.56. The minimum absolute atomic E-state index is 0.339. The smallest absolute Gasteiger partial charge is 0.175 e. The number of anilines is 1. The first kappa shape index (κ1) is 14.9. The van der Waals surface area contributed by atoms with E-state index in [0.29, 0.717) is 16.8 Å². The normalized spacial score (nSPS) is 12.6. The van der Waals surface area contributed by atoms with Gasteiger partial charge in [-0.3, -0.25) is 0 Å². The Bertz CT molecular complexity index is 565. The van der Waals surface area contributed by atoms with E-state index in [1.807, 2.05) is 24.3 Å². The first-order chi connectivity index (χ1) is 9.69. The second kappa shape index (κ2) is 6.80. The fourth-order valence-electron chi connectivity index (χ4n) is 2.50. The fourth-order valence-corrected chi connectivity index (χ4v) is 2.73. The van der Waals surface area contributed by atoms with Crippen LogP contribution in [0.2, 0.25) is 5.02 Å². The number of unbranched alkanes of at least 4 members (excludes halogenated alkanes) is 1. The summed E-state index contributed by atoms with van der Waals surface area (Å²) in [7, 11) is 0. The van der Waals surface area contributed by atoms with Crippen molar-refractivity contribution in [1.29, 1.82) is 0 Å². The molecule has 0 bridgehead atoms. The van der Waals surface area contributed by atoms with E-state index in [-0.39, 0.29) is 0 Å². The summed E-state index contributed by atoms with van der Waals surface area (Å²) in [6.45, 7) is 4.35. The molecule has 3 nitrogen and oxygen atoms in total. The topological polar surface area (TPSA) is 52.0 Å². The van der Waals surface area contributed by atoms with Gasteiger partial charge in [0.2, 0.25) is 0 Å². The molecule has 0 fully saturated rings. The molecule has 0 saturated carbocycles. The van der Waals surface area contributed by atoms with E-state index in [2.05, 4.69) is 19.0 Å². The molecule has 1 atom stereocenters. The second-order valence-corrected chi connectivity index (χ2v) is 5.44. The second-order valence-electron chi connectivity index (χ2n) is 5.03. The fraction of sp³-hybridized carbons (Fsp3) is 0.438. The van der Waals surface area contributed by atoms with Crippen LogP contribution in [0.5, 0.6) is 0 Å². The number of rotatable bonds is 6. The van der Waals surface area contributed by atoms with Crippen LogP contribution in [0.4, 0.5) is 5.82 Å². The summed E-state index contributed by atoms with van der Waals surface area (Å²) in [5.41, 5.74) is 7.76. The molecule has 20 heavy (non-hydrogen) atoms. The van der Waals surface area contributed by atoms with Gasteiger partial charge in [-0.25, -0.2) is 0 Å². The van der Waals surface area contributed by atoms with Crippen molar-refractivity contribution in [3.63, 3.8) is 0 Å². The van der Waals surface area contributed by atoms with Crippen LogP contribution in [0.25, 0.3) is 11.1 Å². The lowest BCUT2D eigenvalue weighted by molar-refractivity contribution is 0.349. The average Bonchev–Trinajstić information content (AvgIpc) is 2.82. The predicted octanol–water partition coefficient (Wildman–Crippen LogP) is 5.26. The summed E-state index contributed by atoms with van der Waals surface area (Å²) in [5.74, 6) is 1.63.